The van der Waals surface area contributed by atoms with Gasteiger partial charge in [-0.2, -0.15) is 0 Å². The molecule has 0 aliphatic heterocycles. The summed E-state index contributed by atoms with van der Waals surface area (Å²) >= 11 is 0. The highest BCUT2D eigenvalue weighted by Gasteiger charge is 1.89. The highest BCUT2D eigenvalue weighted by molar-refractivity contribution is 5.11. The molecule has 0 radical (unpaired) electrons. The van der Waals surface area contributed by atoms with Gasteiger partial charge in [-0.25, -0.2) is 0 Å². The smallest absolute Gasteiger partial charge is 0.0323 e. The van der Waals surface area contributed by atoms with Crippen LogP contribution in [0.2, 0.25) is 0 Å². The van der Waals surface area contributed by atoms with Crippen molar-refractivity contribution in [2.24, 2.45) is 0 Å². The summed E-state index contributed by atoms with van der Waals surface area (Å²) in [5.74, 6) is 0. The van der Waals surface area contributed by atoms with Gasteiger partial charge >= 0.3 is 0 Å². The summed E-state index contributed by atoms with van der Waals surface area (Å²) in [6.45, 7) is 10.5. The topological polar surface area (TPSA) is 0 Å². The lowest BCUT2D eigenvalue weighted by molar-refractivity contribution is 0.746. The molecule has 0 N–H and O–H groups in total. The monoisotopic (exact) mass is 234 g/mol. The maximum atomic E-state index is 3.98. The minimum atomic E-state index is 0. The Kier molecular flexibility index (Phi) is 14.0. The Hall–Kier alpha value is -1.04. The lowest BCUT2D eigenvalue weighted by Gasteiger charge is -2.00. The van der Waals surface area contributed by atoms with Crippen LogP contribution >= 0.6 is 0 Å². The Morgan fingerprint density at radius 1 is 1.00 bits per heavy atom. The fourth-order valence-electron chi connectivity index (χ4n) is 1.44. The Balaban J connectivity index is 0. The number of hydrogen-bond acceptors (Lipinski definition) is 0. The fourth-order valence-corrected chi connectivity index (χ4v) is 1.44. The molecular formula is C17H30. The van der Waals surface area contributed by atoms with Crippen molar-refractivity contribution in [1.29, 1.82) is 0 Å². The van der Waals surface area contributed by atoms with Crippen LogP contribution in [-0.2, 0) is 0 Å². The molecule has 0 unspecified atom stereocenters. The quantitative estimate of drug-likeness (QED) is 0.535. The number of hydrogen-bond donors (Lipinski definition) is 0. The first-order valence-corrected chi connectivity index (χ1v) is 6.39. The van der Waals surface area contributed by atoms with Crippen molar-refractivity contribution in [2.45, 2.75) is 60.3 Å². The van der Waals surface area contributed by atoms with E-state index in [1.807, 2.05) is 18.2 Å². The molecule has 0 bridgehead atoms. The first kappa shape index (κ1) is 18.3. The van der Waals surface area contributed by atoms with Gasteiger partial charge in [-0.15, -0.1) is 0 Å². The normalized spacial score (nSPS) is 8.65. The Labute approximate surface area is 109 Å². The molecule has 0 spiro atoms. The van der Waals surface area contributed by atoms with Crippen molar-refractivity contribution in [3.63, 3.8) is 0 Å². The zero-order chi connectivity index (χ0) is 12.2. The molecular weight excluding hydrogens is 204 g/mol. The predicted octanol–water partition coefficient (Wildman–Crippen LogP) is 6.16. The molecule has 0 aliphatic rings. The second-order valence-corrected chi connectivity index (χ2v) is 4.26. The standard InChI is InChI=1S/C9H18.C7H8.CH4/c1-4-6-8-9(3)7-5-2;1-7-5-3-2-4-6-7;/h3-8H2,1-2H3;2-6H,1H3;1H4. The van der Waals surface area contributed by atoms with Crippen molar-refractivity contribution in [1.82, 2.24) is 0 Å². The van der Waals surface area contributed by atoms with Gasteiger partial charge in [0.05, 0.1) is 0 Å². The van der Waals surface area contributed by atoms with E-state index in [1.165, 1.54) is 43.2 Å². The van der Waals surface area contributed by atoms with Crippen LogP contribution in [0.4, 0.5) is 0 Å². The van der Waals surface area contributed by atoms with Crippen LogP contribution in [0, 0.1) is 6.92 Å². The molecule has 1 rings (SSSR count). The number of allylic oxidation sites excluding steroid dienone is 1. The van der Waals surface area contributed by atoms with Gasteiger partial charge in [-0.3, -0.25) is 0 Å². The summed E-state index contributed by atoms with van der Waals surface area (Å²) in [6, 6.07) is 10.3. The Bertz CT molecular complexity index is 259. The van der Waals surface area contributed by atoms with Crippen molar-refractivity contribution in [3.05, 3.63) is 48.0 Å². The lowest BCUT2D eigenvalue weighted by atomic mass is 10.1. The molecule has 0 atom stereocenters. The van der Waals surface area contributed by atoms with Crippen molar-refractivity contribution in [3.8, 4) is 0 Å². The van der Waals surface area contributed by atoms with Crippen molar-refractivity contribution in [2.75, 3.05) is 0 Å². The highest BCUT2D eigenvalue weighted by atomic mass is 14.0. The molecule has 1 aromatic carbocycles. The molecule has 0 nitrogen and oxygen atoms in total. The van der Waals surface area contributed by atoms with E-state index in [9.17, 15) is 0 Å². The minimum absolute atomic E-state index is 0. The number of benzene rings is 1. The average Bonchev–Trinajstić information content (AvgIpc) is 2.29. The van der Waals surface area contributed by atoms with Crippen molar-refractivity contribution < 1.29 is 0 Å². The van der Waals surface area contributed by atoms with E-state index >= 15 is 0 Å². The second-order valence-electron chi connectivity index (χ2n) is 4.26. The van der Waals surface area contributed by atoms with E-state index in [0.717, 1.165) is 0 Å². The Morgan fingerprint density at radius 2 is 1.59 bits per heavy atom. The predicted molar refractivity (Wildman–Crippen MR) is 81.5 cm³/mol. The fraction of sp³-hybridized carbons (Fsp3) is 0.529. The van der Waals surface area contributed by atoms with Crippen LogP contribution in [0.5, 0.6) is 0 Å². The summed E-state index contributed by atoms with van der Waals surface area (Å²) < 4.78 is 0. The van der Waals surface area contributed by atoms with E-state index in [-0.39, 0.29) is 7.43 Å². The summed E-state index contributed by atoms with van der Waals surface area (Å²) in [4.78, 5) is 0. The average molecular weight is 234 g/mol. The molecule has 0 heterocycles. The lowest BCUT2D eigenvalue weighted by Crippen LogP contribution is -1.79. The first-order valence-electron chi connectivity index (χ1n) is 6.39. The van der Waals surface area contributed by atoms with Crippen LogP contribution in [0.15, 0.2) is 42.5 Å². The third-order valence-electron chi connectivity index (χ3n) is 2.43. The zero-order valence-electron chi connectivity index (χ0n) is 11.1. The van der Waals surface area contributed by atoms with Crippen LogP contribution in [-0.4, -0.2) is 0 Å². The van der Waals surface area contributed by atoms with Gasteiger partial charge in [-0.05, 0) is 26.2 Å². The van der Waals surface area contributed by atoms with Gasteiger partial charge in [0.2, 0.25) is 0 Å². The largest absolute Gasteiger partial charge is 0.0999 e. The molecule has 17 heavy (non-hydrogen) atoms. The highest BCUT2D eigenvalue weighted by Crippen LogP contribution is 2.09. The SMILES string of the molecule is C.C=C(CCC)CCCC.Cc1ccccc1. The van der Waals surface area contributed by atoms with Crippen molar-refractivity contribution >= 4 is 0 Å². The van der Waals surface area contributed by atoms with Crippen LogP contribution < -0.4 is 0 Å². The number of unbranched alkanes of at least 4 members (excludes halogenated alkanes) is 1. The van der Waals surface area contributed by atoms with Crippen LogP contribution in [0.3, 0.4) is 0 Å². The molecule has 0 fully saturated rings. The molecule has 0 heteroatoms. The maximum Gasteiger partial charge on any atom is -0.0323 e. The first-order chi connectivity index (χ1) is 7.70. The van der Waals surface area contributed by atoms with Gasteiger partial charge in [0.15, 0.2) is 0 Å². The summed E-state index contributed by atoms with van der Waals surface area (Å²) in [5, 5.41) is 0. The van der Waals surface area contributed by atoms with E-state index in [2.05, 4.69) is 39.5 Å². The van der Waals surface area contributed by atoms with E-state index in [0.29, 0.717) is 0 Å². The van der Waals surface area contributed by atoms with Gasteiger partial charge in [0, 0.05) is 0 Å². The third kappa shape index (κ3) is 12.9. The molecule has 1 aromatic rings. The van der Waals surface area contributed by atoms with Gasteiger partial charge in [0.25, 0.3) is 0 Å². The van der Waals surface area contributed by atoms with Crippen LogP contribution in [0.25, 0.3) is 0 Å². The molecule has 0 saturated carbocycles. The summed E-state index contributed by atoms with van der Waals surface area (Å²) in [5.41, 5.74) is 2.75. The summed E-state index contributed by atoms with van der Waals surface area (Å²) in [6.07, 6.45) is 6.33. The van der Waals surface area contributed by atoms with Gasteiger partial charge in [-0.1, -0.05) is 82.2 Å². The van der Waals surface area contributed by atoms with E-state index in [4.69, 9.17) is 0 Å². The molecule has 0 aromatic heterocycles. The minimum Gasteiger partial charge on any atom is -0.0999 e. The summed E-state index contributed by atoms with van der Waals surface area (Å²) in [7, 11) is 0. The second kappa shape index (κ2) is 13.0. The van der Waals surface area contributed by atoms with Gasteiger partial charge < -0.3 is 0 Å². The Morgan fingerprint density at radius 3 is 1.94 bits per heavy atom. The molecule has 98 valence electrons. The maximum absolute atomic E-state index is 3.98. The number of rotatable bonds is 5. The number of aryl methyl sites for hydroxylation is 1. The molecule has 0 saturated heterocycles. The van der Waals surface area contributed by atoms with E-state index in [1.54, 1.807) is 0 Å². The molecule has 0 aliphatic carbocycles. The van der Waals surface area contributed by atoms with Gasteiger partial charge in [0.1, 0.15) is 0 Å². The zero-order valence-corrected chi connectivity index (χ0v) is 11.1. The molecule has 0 amide bonds. The third-order valence-corrected chi connectivity index (χ3v) is 2.43. The van der Waals surface area contributed by atoms with Crippen LogP contribution in [0.1, 0.15) is 58.9 Å². The van der Waals surface area contributed by atoms with E-state index < -0.39 is 0 Å².